The van der Waals surface area contributed by atoms with Gasteiger partial charge in [-0.3, -0.25) is 14.9 Å². The van der Waals surface area contributed by atoms with Crippen LogP contribution in [0.2, 0.25) is 0 Å². The van der Waals surface area contributed by atoms with E-state index in [-0.39, 0.29) is 30.4 Å². The molecular formula is C13H12N2O7. The summed E-state index contributed by atoms with van der Waals surface area (Å²) in [5, 5.41) is 13.4. The zero-order valence-corrected chi connectivity index (χ0v) is 11.4. The number of hydrogen-bond acceptors (Lipinski definition) is 7. The zero-order valence-electron chi connectivity index (χ0n) is 11.4. The molecule has 0 aromatic heterocycles. The lowest BCUT2D eigenvalue weighted by molar-refractivity contribution is -0.385. The van der Waals surface area contributed by atoms with Crippen molar-refractivity contribution in [2.45, 2.75) is 0 Å². The van der Waals surface area contributed by atoms with E-state index in [1.54, 1.807) is 0 Å². The SMILES string of the molecule is C=CCNC(=O)COC(=O)c1cc2c(cc1[N+](=O)[O-])OCO2. The van der Waals surface area contributed by atoms with Crippen molar-refractivity contribution in [2.24, 2.45) is 0 Å². The highest BCUT2D eigenvalue weighted by Crippen LogP contribution is 2.38. The van der Waals surface area contributed by atoms with E-state index in [2.05, 4.69) is 11.9 Å². The Balaban J connectivity index is 2.13. The predicted molar refractivity (Wildman–Crippen MR) is 72.7 cm³/mol. The van der Waals surface area contributed by atoms with Crippen LogP contribution in [0.1, 0.15) is 10.4 Å². The molecule has 116 valence electrons. The van der Waals surface area contributed by atoms with Crippen molar-refractivity contribution in [3.05, 3.63) is 40.5 Å². The minimum atomic E-state index is -1.00. The van der Waals surface area contributed by atoms with Gasteiger partial charge in [0.25, 0.3) is 11.6 Å². The van der Waals surface area contributed by atoms with Gasteiger partial charge < -0.3 is 19.5 Å². The number of esters is 1. The third-order valence-corrected chi connectivity index (χ3v) is 2.69. The number of fused-ring (bicyclic) bond motifs is 1. The van der Waals surface area contributed by atoms with Crippen molar-refractivity contribution < 1.29 is 28.7 Å². The van der Waals surface area contributed by atoms with Crippen molar-refractivity contribution in [3.63, 3.8) is 0 Å². The van der Waals surface area contributed by atoms with E-state index in [1.807, 2.05) is 0 Å². The second-order valence-electron chi connectivity index (χ2n) is 4.15. The van der Waals surface area contributed by atoms with Gasteiger partial charge in [0.15, 0.2) is 18.1 Å². The van der Waals surface area contributed by atoms with E-state index < -0.39 is 29.1 Å². The van der Waals surface area contributed by atoms with Crippen molar-refractivity contribution in [2.75, 3.05) is 19.9 Å². The number of carbonyl (C=O) groups is 2. The van der Waals surface area contributed by atoms with Crippen molar-refractivity contribution in [1.82, 2.24) is 5.32 Å². The highest BCUT2D eigenvalue weighted by Gasteiger charge is 2.28. The first-order chi connectivity index (χ1) is 10.5. The van der Waals surface area contributed by atoms with Crippen molar-refractivity contribution >= 4 is 17.6 Å². The molecule has 1 heterocycles. The Morgan fingerprint density at radius 3 is 2.73 bits per heavy atom. The molecule has 22 heavy (non-hydrogen) atoms. The van der Waals surface area contributed by atoms with Crippen LogP contribution in [0.25, 0.3) is 0 Å². The Morgan fingerprint density at radius 2 is 2.09 bits per heavy atom. The summed E-state index contributed by atoms with van der Waals surface area (Å²) < 4.78 is 14.8. The zero-order chi connectivity index (χ0) is 16.1. The molecule has 9 nitrogen and oxygen atoms in total. The number of nitrogens with one attached hydrogen (secondary N) is 1. The number of amides is 1. The molecule has 0 radical (unpaired) electrons. The molecule has 0 fully saturated rings. The third-order valence-electron chi connectivity index (χ3n) is 2.69. The van der Waals surface area contributed by atoms with E-state index in [0.29, 0.717) is 0 Å². The van der Waals surface area contributed by atoms with E-state index >= 15 is 0 Å². The summed E-state index contributed by atoms with van der Waals surface area (Å²) in [5.41, 5.74) is -0.800. The van der Waals surface area contributed by atoms with Gasteiger partial charge in [-0.2, -0.15) is 0 Å². The maximum atomic E-state index is 11.9. The van der Waals surface area contributed by atoms with E-state index in [1.165, 1.54) is 6.08 Å². The standard InChI is InChI=1S/C13H12N2O7/c1-2-3-14-12(16)6-20-13(17)8-4-10-11(22-7-21-10)5-9(8)15(18)19/h2,4-5H,1,3,6-7H2,(H,14,16). The maximum Gasteiger partial charge on any atom is 0.345 e. The fraction of sp³-hybridized carbons (Fsp3) is 0.231. The van der Waals surface area contributed by atoms with Gasteiger partial charge in [-0.25, -0.2) is 4.79 Å². The van der Waals surface area contributed by atoms with Gasteiger partial charge in [-0.05, 0) is 0 Å². The molecule has 0 bridgehead atoms. The van der Waals surface area contributed by atoms with Crippen molar-refractivity contribution in [3.8, 4) is 11.5 Å². The lowest BCUT2D eigenvalue weighted by Gasteiger charge is -2.06. The molecule has 1 N–H and O–H groups in total. The van der Waals surface area contributed by atoms with Gasteiger partial charge in [0.05, 0.1) is 11.0 Å². The molecule has 1 aliphatic heterocycles. The predicted octanol–water partition coefficient (Wildman–Crippen LogP) is 0.782. The highest BCUT2D eigenvalue weighted by molar-refractivity contribution is 5.96. The van der Waals surface area contributed by atoms with Crippen LogP contribution >= 0.6 is 0 Å². The van der Waals surface area contributed by atoms with Crippen LogP contribution in [-0.2, 0) is 9.53 Å². The monoisotopic (exact) mass is 308 g/mol. The van der Waals surface area contributed by atoms with Crippen molar-refractivity contribution in [1.29, 1.82) is 0 Å². The van der Waals surface area contributed by atoms with Crippen LogP contribution in [0, 0.1) is 10.1 Å². The van der Waals surface area contributed by atoms with Crippen LogP contribution in [0.15, 0.2) is 24.8 Å². The number of nitrogens with zero attached hydrogens (tertiary/aromatic N) is 1. The number of nitro groups is 1. The number of rotatable bonds is 6. The van der Waals surface area contributed by atoms with E-state index in [9.17, 15) is 19.7 Å². The van der Waals surface area contributed by atoms with Crippen LogP contribution in [0.4, 0.5) is 5.69 Å². The maximum absolute atomic E-state index is 11.9. The number of ether oxygens (including phenoxy) is 3. The first kappa shape index (κ1) is 15.3. The second kappa shape index (κ2) is 6.57. The molecule has 0 saturated heterocycles. The average Bonchev–Trinajstić information content (AvgIpc) is 2.96. The minimum Gasteiger partial charge on any atom is -0.454 e. The number of hydrogen-bond donors (Lipinski definition) is 1. The molecule has 1 amide bonds. The average molecular weight is 308 g/mol. The number of benzene rings is 1. The molecular weight excluding hydrogens is 296 g/mol. The van der Waals surface area contributed by atoms with E-state index in [4.69, 9.17) is 14.2 Å². The number of carbonyl (C=O) groups excluding carboxylic acids is 2. The summed E-state index contributed by atoms with van der Waals surface area (Å²) in [7, 11) is 0. The Morgan fingerprint density at radius 1 is 1.41 bits per heavy atom. The molecule has 1 aromatic carbocycles. The van der Waals surface area contributed by atoms with Crippen LogP contribution < -0.4 is 14.8 Å². The number of nitro benzene ring substituents is 1. The largest absolute Gasteiger partial charge is 0.454 e. The lowest BCUT2D eigenvalue weighted by Crippen LogP contribution is -2.28. The minimum absolute atomic E-state index is 0.0883. The molecule has 0 spiro atoms. The first-order valence-corrected chi connectivity index (χ1v) is 6.15. The first-order valence-electron chi connectivity index (χ1n) is 6.15. The van der Waals surface area contributed by atoms with Gasteiger partial charge in [0.1, 0.15) is 5.56 Å². The molecule has 1 aliphatic rings. The van der Waals surface area contributed by atoms with Gasteiger partial charge >= 0.3 is 5.97 Å². The quantitative estimate of drug-likeness (QED) is 0.357. The topological polar surface area (TPSA) is 117 Å². The summed E-state index contributed by atoms with van der Waals surface area (Å²) in [6.45, 7) is 2.99. The van der Waals surface area contributed by atoms with E-state index in [0.717, 1.165) is 12.1 Å². The van der Waals surface area contributed by atoms with Gasteiger partial charge in [0, 0.05) is 12.6 Å². The molecule has 2 rings (SSSR count). The van der Waals surface area contributed by atoms with Crippen LogP contribution in [0.5, 0.6) is 11.5 Å². The van der Waals surface area contributed by atoms with Crippen LogP contribution in [-0.4, -0.2) is 36.7 Å². The highest BCUT2D eigenvalue weighted by atomic mass is 16.7. The molecule has 9 heteroatoms. The van der Waals surface area contributed by atoms with Gasteiger partial charge in [-0.15, -0.1) is 6.58 Å². The van der Waals surface area contributed by atoms with Gasteiger partial charge in [-0.1, -0.05) is 6.08 Å². The smallest absolute Gasteiger partial charge is 0.345 e. The Hall–Kier alpha value is -3.10. The normalized spacial score (nSPS) is 11.6. The Labute approximate surface area is 124 Å². The summed E-state index contributed by atoms with van der Waals surface area (Å²) in [4.78, 5) is 33.5. The second-order valence-corrected chi connectivity index (χ2v) is 4.15. The fourth-order valence-electron chi connectivity index (χ4n) is 1.69. The molecule has 0 atom stereocenters. The molecule has 0 unspecified atom stereocenters. The summed E-state index contributed by atoms with van der Waals surface area (Å²) in [6, 6.07) is 2.24. The summed E-state index contributed by atoms with van der Waals surface area (Å²) in [6.07, 6.45) is 1.46. The van der Waals surface area contributed by atoms with Gasteiger partial charge in [0.2, 0.25) is 6.79 Å². The summed E-state index contributed by atoms with van der Waals surface area (Å²) >= 11 is 0. The molecule has 0 aliphatic carbocycles. The Bertz CT molecular complexity index is 642. The Kier molecular flexibility index (Phi) is 4.57. The third kappa shape index (κ3) is 3.32. The fourth-order valence-corrected chi connectivity index (χ4v) is 1.69. The lowest BCUT2D eigenvalue weighted by atomic mass is 10.1. The molecule has 1 aromatic rings. The summed E-state index contributed by atoms with van der Waals surface area (Å²) in [5.74, 6) is -1.17. The molecule has 0 saturated carbocycles. The van der Waals surface area contributed by atoms with Crippen LogP contribution in [0.3, 0.4) is 0 Å².